The lowest BCUT2D eigenvalue weighted by Crippen LogP contribution is -2.35. The maximum Gasteiger partial charge on any atom is 0.188 e. The van der Waals surface area contributed by atoms with Crippen LogP contribution >= 0.6 is 11.5 Å². The highest BCUT2D eigenvalue weighted by Crippen LogP contribution is 2.32. The molecule has 2 fully saturated rings. The van der Waals surface area contributed by atoms with Crippen molar-refractivity contribution in [2.75, 3.05) is 45.6 Å². The predicted molar refractivity (Wildman–Crippen MR) is 105 cm³/mol. The second-order valence-corrected chi connectivity index (χ2v) is 10.5. The number of likely N-dealkylation sites (tertiary alicyclic amines) is 1. The molecule has 0 spiro atoms. The first-order valence-electron chi connectivity index (χ1n) is 9.61. The Balaban J connectivity index is 1.37. The molecule has 28 heavy (non-hydrogen) atoms. The van der Waals surface area contributed by atoms with Crippen molar-refractivity contribution in [1.82, 2.24) is 19.4 Å². The molecule has 2 aliphatic rings. The van der Waals surface area contributed by atoms with Gasteiger partial charge in [0.25, 0.3) is 0 Å². The number of hydrogen-bond acceptors (Lipinski definition) is 9. The summed E-state index contributed by atoms with van der Waals surface area (Å²) in [5, 5.41) is 4.14. The van der Waals surface area contributed by atoms with Crippen LogP contribution in [0.25, 0.3) is 0 Å². The Morgan fingerprint density at radius 3 is 2.57 bits per heavy atom. The SMILES string of the molecule is CS(=O)(=O)c1snnc1[C@H]1CCCN(Cc2ccc(CN3CCOCC3)o2)C1. The fourth-order valence-electron chi connectivity index (χ4n) is 3.91. The fourth-order valence-corrected chi connectivity index (χ4v) is 5.64. The first-order chi connectivity index (χ1) is 13.5. The van der Waals surface area contributed by atoms with Crippen molar-refractivity contribution in [3.8, 4) is 0 Å². The van der Waals surface area contributed by atoms with Crippen molar-refractivity contribution in [1.29, 1.82) is 0 Å². The van der Waals surface area contributed by atoms with Gasteiger partial charge in [-0.1, -0.05) is 4.49 Å². The lowest BCUT2D eigenvalue weighted by Gasteiger charge is -2.31. The van der Waals surface area contributed by atoms with E-state index in [0.29, 0.717) is 9.90 Å². The minimum Gasteiger partial charge on any atom is -0.463 e. The van der Waals surface area contributed by atoms with E-state index in [9.17, 15) is 8.42 Å². The molecule has 2 aromatic rings. The normalized spacial score (nSPS) is 22.5. The largest absolute Gasteiger partial charge is 0.463 e. The summed E-state index contributed by atoms with van der Waals surface area (Å²) < 4.78 is 39.6. The smallest absolute Gasteiger partial charge is 0.188 e. The van der Waals surface area contributed by atoms with Crippen molar-refractivity contribution < 1.29 is 17.6 Å². The molecule has 0 N–H and O–H groups in total. The standard InChI is InChI=1S/C18H26N4O4S2/c1-28(23,24)18-17(19-20-27-18)14-3-2-6-22(11-14)13-16-5-4-15(26-16)12-21-7-9-25-10-8-21/h4-5,14H,2-3,6-13H2,1H3/t14-/m0/s1. The third-order valence-electron chi connectivity index (χ3n) is 5.29. The van der Waals surface area contributed by atoms with E-state index >= 15 is 0 Å². The average molecular weight is 427 g/mol. The molecule has 0 amide bonds. The fraction of sp³-hybridized carbons (Fsp3) is 0.667. The van der Waals surface area contributed by atoms with E-state index in [4.69, 9.17) is 9.15 Å². The van der Waals surface area contributed by atoms with Gasteiger partial charge >= 0.3 is 0 Å². The number of rotatable bonds is 6. The molecule has 0 aromatic carbocycles. The van der Waals surface area contributed by atoms with Gasteiger partial charge in [-0.05, 0) is 31.5 Å². The van der Waals surface area contributed by atoms with E-state index in [-0.39, 0.29) is 5.92 Å². The Morgan fingerprint density at radius 2 is 1.86 bits per heavy atom. The first kappa shape index (κ1) is 20.0. The monoisotopic (exact) mass is 426 g/mol. The van der Waals surface area contributed by atoms with Crippen molar-refractivity contribution in [2.45, 2.75) is 36.1 Å². The van der Waals surface area contributed by atoms with Gasteiger partial charge in [0.2, 0.25) is 0 Å². The summed E-state index contributed by atoms with van der Waals surface area (Å²) in [5.74, 6) is 2.03. The Kier molecular flexibility index (Phi) is 6.12. The van der Waals surface area contributed by atoms with Gasteiger partial charge in [0.05, 0.1) is 32.0 Å². The molecule has 4 heterocycles. The third kappa shape index (κ3) is 4.80. The van der Waals surface area contributed by atoms with E-state index in [0.717, 1.165) is 88.4 Å². The van der Waals surface area contributed by atoms with Crippen LogP contribution in [0.15, 0.2) is 20.8 Å². The number of morpholine rings is 1. The summed E-state index contributed by atoms with van der Waals surface area (Å²) in [4.78, 5) is 4.65. The van der Waals surface area contributed by atoms with Gasteiger partial charge in [0, 0.05) is 43.3 Å². The summed E-state index contributed by atoms with van der Waals surface area (Å²) in [6.45, 7) is 6.73. The van der Waals surface area contributed by atoms with Crippen LogP contribution in [0.1, 0.15) is 36.0 Å². The van der Waals surface area contributed by atoms with Crippen molar-refractivity contribution >= 4 is 21.4 Å². The zero-order valence-electron chi connectivity index (χ0n) is 16.0. The average Bonchev–Trinajstić information content (AvgIpc) is 3.32. The maximum atomic E-state index is 12.0. The zero-order valence-corrected chi connectivity index (χ0v) is 17.7. The van der Waals surface area contributed by atoms with Gasteiger partial charge in [0.1, 0.15) is 11.5 Å². The third-order valence-corrected chi connectivity index (χ3v) is 7.84. The molecule has 2 aromatic heterocycles. The topological polar surface area (TPSA) is 88.8 Å². The van der Waals surface area contributed by atoms with Crippen molar-refractivity contribution in [3.63, 3.8) is 0 Å². The number of nitrogens with zero attached hydrogens (tertiary/aromatic N) is 4. The Bertz CT molecular complexity index is 889. The molecule has 10 heteroatoms. The van der Waals surface area contributed by atoms with Gasteiger partial charge in [0.15, 0.2) is 14.0 Å². The number of furan rings is 1. The van der Waals surface area contributed by atoms with Gasteiger partial charge in [-0.2, -0.15) is 0 Å². The highest BCUT2D eigenvalue weighted by molar-refractivity contribution is 7.92. The molecule has 2 saturated heterocycles. The van der Waals surface area contributed by atoms with E-state index in [1.165, 1.54) is 6.26 Å². The van der Waals surface area contributed by atoms with E-state index in [2.05, 4.69) is 25.5 Å². The van der Waals surface area contributed by atoms with Crippen molar-refractivity contribution in [3.05, 3.63) is 29.3 Å². The number of piperidine rings is 1. The molecule has 2 aliphatic heterocycles. The highest BCUT2D eigenvalue weighted by Gasteiger charge is 2.29. The van der Waals surface area contributed by atoms with Gasteiger partial charge in [-0.15, -0.1) is 5.10 Å². The Labute approximate surface area is 169 Å². The van der Waals surface area contributed by atoms with Gasteiger partial charge in [-0.25, -0.2) is 8.42 Å². The highest BCUT2D eigenvalue weighted by atomic mass is 32.2. The van der Waals surface area contributed by atoms with Gasteiger partial charge < -0.3 is 9.15 Å². The minimum absolute atomic E-state index is 0.0972. The molecule has 0 aliphatic carbocycles. The van der Waals surface area contributed by atoms with Crippen LogP contribution in [-0.2, 0) is 27.7 Å². The number of ether oxygens (including phenoxy) is 1. The predicted octanol–water partition coefficient (Wildman–Crippen LogP) is 1.75. The summed E-state index contributed by atoms with van der Waals surface area (Å²) in [6.07, 6.45) is 3.17. The molecule has 4 rings (SSSR count). The summed E-state index contributed by atoms with van der Waals surface area (Å²) >= 11 is 0.975. The molecule has 154 valence electrons. The molecular weight excluding hydrogens is 400 g/mol. The second kappa shape index (κ2) is 8.58. The van der Waals surface area contributed by atoms with Crippen LogP contribution < -0.4 is 0 Å². The molecule has 1 atom stereocenters. The van der Waals surface area contributed by atoms with E-state index in [1.807, 2.05) is 6.07 Å². The quantitative estimate of drug-likeness (QED) is 0.690. The van der Waals surface area contributed by atoms with E-state index in [1.54, 1.807) is 0 Å². The Hall–Kier alpha value is -1.33. The summed E-state index contributed by atoms with van der Waals surface area (Å²) in [6, 6.07) is 4.10. The van der Waals surface area contributed by atoms with E-state index < -0.39 is 9.84 Å². The Morgan fingerprint density at radius 1 is 1.14 bits per heavy atom. The van der Waals surface area contributed by atoms with Crippen LogP contribution in [0.5, 0.6) is 0 Å². The molecule has 0 unspecified atom stereocenters. The van der Waals surface area contributed by atoms with Gasteiger partial charge in [-0.3, -0.25) is 9.80 Å². The van der Waals surface area contributed by atoms with Crippen LogP contribution in [0.4, 0.5) is 0 Å². The summed E-state index contributed by atoms with van der Waals surface area (Å²) in [5.41, 5.74) is 0.629. The van der Waals surface area contributed by atoms with Crippen molar-refractivity contribution in [2.24, 2.45) is 0 Å². The minimum atomic E-state index is -3.28. The van der Waals surface area contributed by atoms with Crippen LogP contribution in [0, 0.1) is 0 Å². The lowest BCUT2D eigenvalue weighted by atomic mass is 9.95. The van der Waals surface area contributed by atoms with Crippen LogP contribution in [0.2, 0.25) is 0 Å². The summed E-state index contributed by atoms with van der Waals surface area (Å²) in [7, 11) is -3.28. The molecule has 0 radical (unpaired) electrons. The molecular formula is C18H26N4O4S2. The molecule has 0 bridgehead atoms. The lowest BCUT2D eigenvalue weighted by molar-refractivity contribution is 0.0310. The second-order valence-electron chi connectivity index (χ2n) is 7.55. The first-order valence-corrected chi connectivity index (χ1v) is 12.3. The molecule has 8 nitrogen and oxygen atoms in total. The maximum absolute atomic E-state index is 12.0. The number of hydrogen-bond donors (Lipinski definition) is 0. The molecule has 0 saturated carbocycles. The van der Waals surface area contributed by atoms with Crippen LogP contribution in [-0.4, -0.2) is 73.5 Å². The van der Waals surface area contributed by atoms with Crippen LogP contribution in [0.3, 0.4) is 0 Å². The number of sulfone groups is 1. The zero-order chi connectivity index (χ0) is 19.6. The number of aromatic nitrogens is 2.